The molecule has 2 aliphatic rings. The zero-order chi connectivity index (χ0) is 17.2. The van der Waals surface area contributed by atoms with Gasteiger partial charge in [-0.1, -0.05) is 13.3 Å². The first kappa shape index (κ1) is 17.5. The van der Waals surface area contributed by atoms with Crippen LogP contribution in [0.5, 0.6) is 0 Å². The highest BCUT2D eigenvalue weighted by atomic mass is 32.2. The number of aromatic nitrogens is 1. The molecule has 1 aromatic heterocycles. The van der Waals surface area contributed by atoms with E-state index in [1.165, 1.54) is 16.6 Å². The van der Waals surface area contributed by atoms with Crippen LogP contribution < -0.4 is 5.32 Å². The van der Waals surface area contributed by atoms with E-state index in [-0.39, 0.29) is 16.8 Å². The molecule has 1 saturated heterocycles. The predicted molar refractivity (Wildman–Crippen MR) is 92.3 cm³/mol. The molecule has 134 valence electrons. The molecule has 1 aromatic rings. The summed E-state index contributed by atoms with van der Waals surface area (Å²) in [5, 5.41) is 3.02. The molecule has 0 atom stereocenters. The Hall–Kier alpha value is -1.34. The summed E-state index contributed by atoms with van der Waals surface area (Å²) in [5.41, 5.74) is 0.323. The summed E-state index contributed by atoms with van der Waals surface area (Å²) >= 11 is 0. The number of hydrogen-bond acceptors (Lipinski definition) is 3. The highest BCUT2D eigenvalue weighted by Crippen LogP contribution is 2.24. The molecular formula is C17H27N3O3S. The van der Waals surface area contributed by atoms with Crippen molar-refractivity contribution in [1.82, 2.24) is 14.6 Å². The molecule has 1 aliphatic carbocycles. The van der Waals surface area contributed by atoms with Crippen molar-refractivity contribution >= 4 is 15.9 Å². The van der Waals surface area contributed by atoms with Crippen LogP contribution in [0.4, 0.5) is 0 Å². The topological polar surface area (TPSA) is 82.3 Å². The summed E-state index contributed by atoms with van der Waals surface area (Å²) in [6.07, 6.45) is 8.55. The number of aromatic amines is 1. The van der Waals surface area contributed by atoms with Crippen molar-refractivity contribution in [3.63, 3.8) is 0 Å². The highest BCUT2D eigenvalue weighted by molar-refractivity contribution is 7.89. The van der Waals surface area contributed by atoms with Gasteiger partial charge >= 0.3 is 0 Å². The summed E-state index contributed by atoms with van der Waals surface area (Å²) in [4.78, 5) is 15.4. The molecule has 0 bridgehead atoms. The van der Waals surface area contributed by atoms with Crippen LogP contribution in [0, 0.1) is 5.92 Å². The monoisotopic (exact) mass is 353 g/mol. The van der Waals surface area contributed by atoms with Gasteiger partial charge in [-0.3, -0.25) is 4.79 Å². The van der Waals surface area contributed by atoms with Gasteiger partial charge < -0.3 is 10.3 Å². The summed E-state index contributed by atoms with van der Waals surface area (Å²) in [5.74, 6) is 0.513. The highest BCUT2D eigenvalue weighted by Gasteiger charge is 2.28. The van der Waals surface area contributed by atoms with Crippen molar-refractivity contribution in [2.45, 2.75) is 62.8 Å². The van der Waals surface area contributed by atoms with Crippen LogP contribution in [0.15, 0.2) is 17.2 Å². The Kier molecular flexibility index (Phi) is 5.30. The van der Waals surface area contributed by atoms with Crippen LogP contribution in [-0.4, -0.2) is 42.7 Å². The van der Waals surface area contributed by atoms with E-state index in [1.54, 1.807) is 0 Å². The summed E-state index contributed by atoms with van der Waals surface area (Å²) in [6.45, 7) is 3.37. The van der Waals surface area contributed by atoms with Gasteiger partial charge in [0.2, 0.25) is 10.0 Å². The normalized spacial score (nSPS) is 26.2. The number of rotatable bonds is 4. The molecule has 24 heavy (non-hydrogen) atoms. The smallest absolute Gasteiger partial charge is 0.267 e. The lowest BCUT2D eigenvalue weighted by Gasteiger charge is -2.26. The Balaban J connectivity index is 1.65. The minimum Gasteiger partial charge on any atom is -0.356 e. The number of H-pyrrole nitrogens is 1. The molecule has 3 rings (SSSR count). The lowest BCUT2D eigenvalue weighted by molar-refractivity contribution is 0.0918. The van der Waals surface area contributed by atoms with Crippen molar-refractivity contribution in [2.75, 3.05) is 13.1 Å². The molecule has 7 heteroatoms. The number of carbonyl (C=O) groups is 1. The number of amides is 1. The van der Waals surface area contributed by atoms with Gasteiger partial charge in [0.05, 0.1) is 0 Å². The number of nitrogens with one attached hydrogen (secondary N) is 2. The second-order valence-corrected chi connectivity index (χ2v) is 9.08. The van der Waals surface area contributed by atoms with Crippen LogP contribution in [0.3, 0.4) is 0 Å². The molecule has 0 radical (unpaired) electrons. The number of carbonyl (C=O) groups excluding carboxylic acids is 1. The van der Waals surface area contributed by atoms with Gasteiger partial charge in [0.1, 0.15) is 10.6 Å². The fraction of sp³-hybridized carbons (Fsp3) is 0.706. The third kappa shape index (κ3) is 3.83. The minimum atomic E-state index is -3.49. The van der Waals surface area contributed by atoms with Crippen molar-refractivity contribution in [3.8, 4) is 0 Å². The van der Waals surface area contributed by atoms with Gasteiger partial charge in [-0.2, -0.15) is 4.31 Å². The fourth-order valence-electron chi connectivity index (χ4n) is 3.58. The Morgan fingerprint density at radius 1 is 1.17 bits per heavy atom. The fourth-order valence-corrected chi connectivity index (χ4v) is 5.09. The zero-order valence-electron chi connectivity index (χ0n) is 14.3. The largest absolute Gasteiger partial charge is 0.356 e. The number of sulfonamides is 1. The number of piperidine rings is 1. The first-order chi connectivity index (χ1) is 11.5. The van der Waals surface area contributed by atoms with Crippen molar-refractivity contribution in [1.29, 1.82) is 0 Å². The van der Waals surface area contributed by atoms with Crippen LogP contribution >= 0.6 is 0 Å². The Morgan fingerprint density at radius 3 is 2.50 bits per heavy atom. The Morgan fingerprint density at radius 2 is 1.83 bits per heavy atom. The van der Waals surface area contributed by atoms with E-state index >= 15 is 0 Å². The first-order valence-electron chi connectivity index (χ1n) is 8.96. The van der Waals surface area contributed by atoms with E-state index < -0.39 is 10.0 Å². The van der Waals surface area contributed by atoms with E-state index in [1.807, 2.05) is 0 Å². The van der Waals surface area contributed by atoms with Crippen LogP contribution in [0.2, 0.25) is 0 Å². The van der Waals surface area contributed by atoms with E-state index in [2.05, 4.69) is 17.2 Å². The zero-order valence-corrected chi connectivity index (χ0v) is 15.1. The third-order valence-electron chi connectivity index (χ3n) is 5.21. The van der Waals surface area contributed by atoms with Gasteiger partial charge in [0.15, 0.2) is 0 Å². The van der Waals surface area contributed by atoms with Gasteiger partial charge in [0, 0.05) is 25.3 Å². The van der Waals surface area contributed by atoms with Crippen molar-refractivity contribution in [3.05, 3.63) is 18.0 Å². The van der Waals surface area contributed by atoms with Crippen LogP contribution in [0.25, 0.3) is 0 Å². The van der Waals surface area contributed by atoms with Gasteiger partial charge in [-0.25, -0.2) is 8.42 Å². The molecule has 2 N–H and O–H groups in total. The quantitative estimate of drug-likeness (QED) is 0.872. The summed E-state index contributed by atoms with van der Waals surface area (Å²) in [6, 6.07) is 1.66. The van der Waals surface area contributed by atoms with Crippen molar-refractivity contribution < 1.29 is 13.2 Å². The molecule has 1 saturated carbocycles. The molecule has 0 unspecified atom stereocenters. The maximum atomic E-state index is 12.6. The summed E-state index contributed by atoms with van der Waals surface area (Å²) in [7, 11) is -3.49. The second-order valence-electron chi connectivity index (χ2n) is 7.14. The molecule has 0 spiro atoms. The average molecular weight is 353 g/mol. The third-order valence-corrected chi connectivity index (χ3v) is 7.08. The molecule has 2 fully saturated rings. The molecule has 2 heterocycles. The maximum absolute atomic E-state index is 12.6. The number of nitrogens with zero attached hydrogens (tertiary/aromatic N) is 1. The number of hydrogen-bond donors (Lipinski definition) is 2. The second kappa shape index (κ2) is 7.27. The first-order valence-corrected chi connectivity index (χ1v) is 10.4. The average Bonchev–Trinajstić information content (AvgIpc) is 3.09. The standard InChI is InChI=1S/C17H27N3O3S/c1-13-5-7-14(8-6-13)19-17(21)16-11-15(12-18-16)24(22,23)20-9-3-2-4-10-20/h11-14,18H,2-10H2,1H3,(H,19,21). The van der Waals surface area contributed by atoms with E-state index in [0.29, 0.717) is 18.8 Å². The minimum absolute atomic E-state index is 0.187. The van der Waals surface area contributed by atoms with Gasteiger partial charge in [-0.05, 0) is 50.5 Å². The van der Waals surface area contributed by atoms with E-state index in [0.717, 1.165) is 50.9 Å². The molecule has 1 amide bonds. The van der Waals surface area contributed by atoms with Crippen LogP contribution in [-0.2, 0) is 10.0 Å². The predicted octanol–water partition coefficient (Wildman–Crippen LogP) is 2.50. The molecule has 0 aromatic carbocycles. The van der Waals surface area contributed by atoms with E-state index in [9.17, 15) is 13.2 Å². The Labute approximate surface area is 144 Å². The molecule has 6 nitrogen and oxygen atoms in total. The van der Waals surface area contributed by atoms with Gasteiger partial charge in [0.25, 0.3) is 5.91 Å². The maximum Gasteiger partial charge on any atom is 0.267 e. The molecular weight excluding hydrogens is 326 g/mol. The summed E-state index contributed by atoms with van der Waals surface area (Å²) < 4.78 is 26.8. The lowest BCUT2D eigenvalue weighted by atomic mass is 9.87. The lowest BCUT2D eigenvalue weighted by Crippen LogP contribution is -2.37. The van der Waals surface area contributed by atoms with Crippen LogP contribution in [0.1, 0.15) is 62.4 Å². The van der Waals surface area contributed by atoms with Crippen molar-refractivity contribution in [2.24, 2.45) is 5.92 Å². The Bertz CT molecular complexity index is 669. The van der Waals surface area contributed by atoms with E-state index in [4.69, 9.17) is 0 Å². The SMILES string of the molecule is CC1CCC(NC(=O)c2cc(S(=O)(=O)N3CCCCC3)c[nH]2)CC1. The molecule has 1 aliphatic heterocycles. The van der Waals surface area contributed by atoms with Gasteiger partial charge in [-0.15, -0.1) is 0 Å².